The highest BCUT2D eigenvalue weighted by atomic mass is 19.1. The van der Waals surface area contributed by atoms with Gasteiger partial charge in [-0.2, -0.15) is 0 Å². The second kappa shape index (κ2) is 8.16. The first kappa shape index (κ1) is 19.3. The third-order valence-electron chi connectivity index (χ3n) is 5.09. The SMILES string of the molecule is Cc1ncc(-c2nc(Nc3ccc(N4CCNCC4)cc3)ncc2F)n1C(C)C. The first-order valence-corrected chi connectivity index (χ1v) is 9.92. The summed E-state index contributed by atoms with van der Waals surface area (Å²) in [4.78, 5) is 15.2. The molecular weight excluding hydrogens is 369 g/mol. The lowest BCUT2D eigenvalue weighted by Gasteiger charge is -2.29. The molecule has 1 fully saturated rings. The van der Waals surface area contributed by atoms with Crippen molar-refractivity contribution in [1.29, 1.82) is 0 Å². The van der Waals surface area contributed by atoms with Gasteiger partial charge in [0, 0.05) is 43.6 Å². The van der Waals surface area contributed by atoms with Gasteiger partial charge in [-0.15, -0.1) is 0 Å². The number of piperazine rings is 1. The molecule has 2 aromatic heterocycles. The fourth-order valence-electron chi connectivity index (χ4n) is 3.70. The molecule has 0 saturated carbocycles. The number of nitrogens with zero attached hydrogens (tertiary/aromatic N) is 5. The second-order valence-electron chi connectivity index (χ2n) is 7.45. The lowest BCUT2D eigenvalue weighted by atomic mass is 10.2. The number of benzene rings is 1. The van der Waals surface area contributed by atoms with Gasteiger partial charge in [0.15, 0.2) is 5.82 Å². The van der Waals surface area contributed by atoms with Crippen molar-refractivity contribution in [3.8, 4) is 11.4 Å². The quantitative estimate of drug-likeness (QED) is 0.689. The van der Waals surface area contributed by atoms with Gasteiger partial charge in [0.25, 0.3) is 0 Å². The maximum absolute atomic E-state index is 14.5. The maximum Gasteiger partial charge on any atom is 0.227 e. The molecule has 8 heteroatoms. The minimum absolute atomic E-state index is 0.149. The maximum atomic E-state index is 14.5. The number of anilines is 3. The molecule has 0 aliphatic carbocycles. The number of nitrogens with one attached hydrogen (secondary N) is 2. The van der Waals surface area contributed by atoms with Gasteiger partial charge in [0.1, 0.15) is 11.5 Å². The van der Waals surface area contributed by atoms with Crippen LogP contribution in [0.15, 0.2) is 36.7 Å². The van der Waals surface area contributed by atoms with Crippen LogP contribution < -0.4 is 15.5 Å². The molecule has 1 saturated heterocycles. The summed E-state index contributed by atoms with van der Waals surface area (Å²) in [6.07, 6.45) is 2.86. The first-order chi connectivity index (χ1) is 14.0. The Morgan fingerprint density at radius 2 is 1.79 bits per heavy atom. The van der Waals surface area contributed by atoms with E-state index in [1.807, 2.05) is 37.5 Å². The molecule has 1 aliphatic heterocycles. The Bertz CT molecular complexity index is 975. The highest BCUT2D eigenvalue weighted by Crippen LogP contribution is 2.27. The molecular formula is C21H26FN7. The number of hydrogen-bond donors (Lipinski definition) is 2. The lowest BCUT2D eigenvalue weighted by molar-refractivity contribution is 0.578. The fraction of sp³-hybridized carbons (Fsp3) is 0.381. The second-order valence-corrected chi connectivity index (χ2v) is 7.45. The molecule has 3 heterocycles. The molecule has 0 amide bonds. The molecule has 0 bridgehead atoms. The van der Waals surface area contributed by atoms with Crippen LogP contribution in [-0.2, 0) is 0 Å². The van der Waals surface area contributed by atoms with E-state index in [1.165, 1.54) is 11.9 Å². The Hall–Kier alpha value is -3.00. The zero-order valence-electron chi connectivity index (χ0n) is 17.0. The van der Waals surface area contributed by atoms with Crippen LogP contribution in [0, 0.1) is 12.7 Å². The first-order valence-electron chi connectivity index (χ1n) is 9.92. The van der Waals surface area contributed by atoms with Crippen LogP contribution in [-0.4, -0.2) is 45.7 Å². The number of aryl methyl sites for hydroxylation is 1. The van der Waals surface area contributed by atoms with Gasteiger partial charge in [0.2, 0.25) is 5.95 Å². The van der Waals surface area contributed by atoms with E-state index in [-0.39, 0.29) is 11.7 Å². The average molecular weight is 395 g/mol. The van der Waals surface area contributed by atoms with E-state index in [2.05, 4.69) is 42.6 Å². The molecule has 0 radical (unpaired) electrons. The van der Waals surface area contributed by atoms with E-state index in [4.69, 9.17) is 0 Å². The van der Waals surface area contributed by atoms with Gasteiger partial charge < -0.3 is 20.1 Å². The molecule has 2 N–H and O–H groups in total. The normalized spacial score (nSPS) is 14.4. The predicted molar refractivity (Wildman–Crippen MR) is 113 cm³/mol. The Morgan fingerprint density at radius 3 is 2.48 bits per heavy atom. The highest BCUT2D eigenvalue weighted by molar-refractivity contribution is 5.62. The van der Waals surface area contributed by atoms with E-state index in [9.17, 15) is 4.39 Å². The number of hydrogen-bond acceptors (Lipinski definition) is 6. The van der Waals surface area contributed by atoms with Gasteiger partial charge in [0.05, 0.1) is 18.1 Å². The number of imidazole rings is 1. The largest absolute Gasteiger partial charge is 0.369 e. The lowest BCUT2D eigenvalue weighted by Crippen LogP contribution is -2.43. The van der Waals surface area contributed by atoms with Crippen LogP contribution in [0.2, 0.25) is 0 Å². The van der Waals surface area contributed by atoms with Crippen molar-refractivity contribution in [1.82, 2.24) is 24.8 Å². The Balaban J connectivity index is 1.57. The smallest absolute Gasteiger partial charge is 0.227 e. The number of rotatable bonds is 5. The Morgan fingerprint density at radius 1 is 1.07 bits per heavy atom. The monoisotopic (exact) mass is 395 g/mol. The Kier molecular flexibility index (Phi) is 5.44. The van der Waals surface area contributed by atoms with Crippen molar-refractivity contribution in [2.75, 3.05) is 36.4 Å². The fourth-order valence-corrected chi connectivity index (χ4v) is 3.70. The summed E-state index contributed by atoms with van der Waals surface area (Å²) in [5.74, 6) is 0.711. The summed E-state index contributed by atoms with van der Waals surface area (Å²) in [6.45, 7) is 9.98. The standard InChI is InChI=1S/C21H26FN7/c1-14(2)29-15(3)24-13-19(29)20-18(22)12-25-21(27-20)26-16-4-6-17(7-5-16)28-10-8-23-9-11-28/h4-7,12-14,23H,8-11H2,1-3H3,(H,25,26,27). The van der Waals surface area contributed by atoms with Crippen LogP contribution in [0.1, 0.15) is 25.7 Å². The molecule has 3 aromatic rings. The summed E-state index contributed by atoms with van der Waals surface area (Å²) in [5, 5.41) is 6.53. The summed E-state index contributed by atoms with van der Waals surface area (Å²) in [6, 6.07) is 8.29. The molecule has 0 spiro atoms. The van der Waals surface area contributed by atoms with E-state index in [0.717, 1.165) is 37.7 Å². The van der Waals surface area contributed by atoms with Crippen LogP contribution in [0.25, 0.3) is 11.4 Å². The molecule has 1 aliphatic rings. The summed E-state index contributed by atoms with van der Waals surface area (Å²) < 4.78 is 16.5. The minimum Gasteiger partial charge on any atom is -0.369 e. The van der Waals surface area contributed by atoms with Gasteiger partial charge in [-0.25, -0.2) is 19.3 Å². The van der Waals surface area contributed by atoms with E-state index in [0.29, 0.717) is 11.6 Å². The molecule has 0 unspecified atom stereocenters. The highest BCUT2D eigenvalue weighted by Gasteiger charge is 2.18. The van der Waals surface area contributed by atoms with Crippen LogP contribution in [0.3, 0.4) is 0 Å². The summed E-state index contributed by atoms with van der Waals surface area (Å²) in [7, 11) is 0. The molecule has 29 heavy (non-hydrogen) atoms. The third-order valence-corrected chi connectivity index (χ3v) is 5.09. The molecule has 4 rings (SSSR count). The zero-order valence-corrected chi connectivity index (χ0v) is 17.0. The van der Waals surface area contributed by atoms with Gasteiger partial charge in [-0.05, 0) is 45.0 Å². The third kappa shape index (κ3) is 4.07. The molecule has 1 aromatic carbocycles. The van der Waals surface area contributed by atoms with Crippen molar-refractivity contribution in [2.24, 2.45) is 0 Å². The van der Waals surface area contributed by atoms with Crippen molar-refractivity contribution < 1.29 is 4.39 Å². The van der Waals surface area contributed by atoms with Crippen LogP contribution in [0.4, 0.5) is 21.7 Å². The van der Waals surface area contributed by atoms with Gasteiger partial charge in [-0.1, -0.05) is 0 Å². The van der Waals surface area contributed by atoms with Crippen molar-refractivity contribution in [3.63, 3.8) is 0 Å². The van der Waals surface area contributed by atoms with Crippen molar-refractivity contribution >= 4 is 17.3 Å². The predicted octanol–water partition coefficient (Wildman–Crippen LogP) is 3.52. The number of aromatic nitrogens is 4. The summed E-state index contributed by atoms with van der Waals surface area (Å²) in [5.41, 5.74) is 2.94. The van der Waals surface area contributed by atoms with Gasteiger partial charge in [-0.3, -0.25) is 0 Å². The van der Waals surface area contributed by atoms with Crippen LogP contribution in [0.5, 0.6) is 0 Å². The molecule has 0 atom stereocenters. The van der Waals surface area contributed by atoms with Crippen LogP contribution >= 0.6 is 0 Å². The topological polar surface area (TPSA) is 70.9 Å². The van der Waals surface area contributed by atoms with Gasteiger partial charge >= 0.3 is 0 Å². The number of halogens is 1. The molecule has 152 valence electrons. The summed E-state index contributed by atoms with van der Waals surface area (Å²) >= 11 is 0. The Labute approximate surface area is 170 Å². The zero-order chi connectivity index (χ0) is 20.4. The van der Waals surface area contributed by atoms with E-state index < -0.39 is 5.82 Å². The van der Waals surface area contributed by atoms with E-state index >= 15 is 0 Å². The average Bonchev–Trinajstić information content (AvgIpc) is 3.12. The minimum atomic E-state index is -0.466. The van der Waals surface area contributed by atoms with E-state index in [1.54, 1.807) is 6.20 Å². The van der Waals surface area contributed by atoms with Crippen molar-refractivity contribution in [2.45, 2.75) is 26.8 Å². The molecule has 7 nitrogen and oxygen atoms in total. The van der Waals surface area contributed by atoms with Crippen molar-refractivity contribution in [3.05, 3.63) is 48.3 Å².